The molecule has 1 atom stereocenters. The summed E-state index contributed by atoms with van der Waals surface area (Å²) in [5.74, 6) is 0.557. The standard InChI is InChI=1S/C19H15NO/c1-21-19-12-11-16(15-9-5-6-10-17(15)19)18(13-20)14-7-3-2-4-8-14/h2-12,18H,1H3/t18-/m1/s1. The molecular formula is C19H15NO. The van der Waals surface area contributed by atoms with Gasteiger partial charge in [0, 0.05) is 5.39 Å². The van der Waals surface area contributed by atoms with E-state index in [9.17, 15) is 5.26 Å². The minimum atomic E-state index is -0.276. The highest BCUT2D eigenvalue weighted by Gasteiger charge is 2.17. The van der Waals surface area contributed by atoms with Crippen molar-refractivity contribution in [2.75, 3.05) is 7.11 Å². The topological polar surface area (TPSA) is 33.0 Å². The van der Waals surface area contributed by atoms with E-state index in [2.05, 4.69) is 6.07 Å². The molecule has 3 rings (SSSR count). The van der Waals surface area contributed by atoms with Crippen molar-refractivity contribution in [2.24, 2.45) is 0 Å². The smallest absolute Gasteiger partial charge is 0.126 e. The van der Waals surface area contributed by atoms with Gasteiger partial charge in [0.05, 0.1) is 19.1 Å². The van der Waals surface area contributed by atoms with Crippen LogP contribution in [0.1, 0.15) is 17.0 Å². The Morgan fingerprint density at radius 3 is 2.19 bits per heavy atom. The van der Waals surface area contributed by atoms with Gasteiger partial charge in [-0.1, -0.05) is 60.7 Å². The molecule has 3 aromatic rings. The van der Waals surface area contributed by atoms with E-state index in [-0.39, 0.29) is 5.92 Å². The number of hydrogen-bond acceptors (Lipinski definition) is 2. The zero-order valence-corrected chi connectivity index (χ0v) is 11.8. The average molecular weight is 273 g/mol. The molecular weight excluding hydrogens is 258 g/mol. The van der Waals surface area contributed by atoms with Crippen LogP contribution in [0, 0.1) is 11.3 Å². The van der Waals surface area contributed by atoms with Crippen LogP contribution in [0.3, 0.4) is 0 Å². The number of nitrogens with zero attached hydrogens (tertiary/aromatic N) is 1. The number of benzene rings is 3. The first-order chi connectivity index (χ1) is 10.3. The highest BCUT2D eigenvalue weighted by Crippen LogP contribution is 2.34. The van der Waals surface area contributed by atoms with Crippen LogP contribution in [-0.2, 0) is 0 Å². The van der Waals surface area contributed by atoms with E-state index in [0.717, 1.165) is 27.6 Å². The second-order valence-corrected chi connectivity index (χ2v) is 4.88. The van der Waals surface area contributed by atoms with Crippen LogP contribution in [0.25, 0.3) is 10.8 Å². The van der Waals surface area contributed by atoms with Gasteiger partial charge in [0.15, 0.2) is 0 Å². The summed E-state index contributed by atoms with van der Waals surface area (Å²) in [6.45, 7) is 0. The van der Waals surface area contributed by atoms with E-state index in [0.29, 0.717) is 0 Å². The van der Waals surface area contributed by atoms with Crippen LogP contribution in [0.5, 0.6) is 5.75 Å². The van der Waals surface area contributed by atoms with Gasteiger partial charge in [0.25, 0.3) is 0 Å². The molecule has 0 saturated carbocycles. The van der Waals surface area contributed by atoms with Crippen molar-refractivity contribution in [1.29, 1.82) is 5.26 Å². The molecule has 0 fully saturated rings. The van der Waals surface area contributed by atoms with Crippen molar-refractivity contribution in [2.45, 2.75) is 5.92 Å². The van der Waals surface area contributed by atoms with Crippen LogP contribution in [0.2, 0.25) is 0 Å². The Balaban J connectivity index is 2.23. The Hall–Kier alpha value is -2.79. The summed E-state index contributed by atoms with van der Waals surface area (Å²) >= 11 is 0. The molecule has 3 aromatic carbocycles. The summed E-state index contributed by atoms with van der Waals surface area (Å²) in [6.07, 6.45) is 0. The minimum Gasteiger partial charge on any atom is -0.496 e. The van der Waals surface area contributed by atoms with Crippen LogP contribution >= 0.6 is 0 Å². The average Bonchev–Trinajstić information content (AvgIpc) is 2.56. The predicted molar refractivity (Wildman–Crippen MR) is 84.4 cm³/mol. The molecule has 0 radical (unpaired) electrons. The molecule has 0 spiro atoms. The number of fused-ring (bicyclic) bond motifs is 1. The molecule has 21 heavy (non-hydrogen) atoms. The summed E-state index contributed by atoms with van der Waals surface area (Å²) in [7, 11) is 1.67. The Labute approximate surface area is 124 Å². The van der Waals surface area contributed by atoms with Crippen LogP contribution in [-0.4, -0.2) is 7.11 Å². The van der Waals surface area contributed by atoms with Crippen LogP contribution in [0.15, 0.2) is 66.7 Å². The number of hydrogen-bond donors (Lipinski definition) is 0. The molecule has 102 valence electrons. The highest BCUT2D eigenvalue weighted by molar-refractivity contribution is 5.92. The van der Waals surface area contributed by atoms with E-state index < -0.39 is 0 Å². The fraction of sp³-hybridized carbons (Fsp3) is 0.105. The molecule has 0 aliphatic heterocycles. The largest absolute Gasteiger partial charge is 0.496 e. The lowest BCUT2D eigenvalue weighted by Gasteiger charge is -2.15. The lowest BCUT2D eigenvalue weighted by Crippen LogP contribution is -2.00. The Kier molecular flexibility index (Phi) is 3.57. The zero-order valence-electron chi connectivity index (χ0n) is 11.8. The van der Waals surface area contributed by atoms with E-state index in [1.807, 2.05) is 66.7 Å². The number of methoxy groups -OCH3 is 1. The third kappa shape index (κ3) is 2.34. The van der Waals surface area contributed by atoms with Gasteiger partial charge >= 0.3 is 0 Å². The summed E-state index contributed by atoms with van der Waals surface area (Å²) < 4.78 is 5.42. The molecule has 0 heterocycles. The second kappa shape index (κ2) is 5.68. The first-order valence-electron chi connectivity index (χ1n) is 6.85. The molecule has 0 saturated heterocycles. The Morgan fingerprint density at radius 2 is 1.52 bits per heavy atom. The number of nitriles is 1. The first-order valence-corrected chi connectivity index (χ1v) is 6.85. The van der Waals surface area contributed by atoms with Gasteiger partial charge in [-0.15, -0.1) is 0 Å². The molecule has 0 amide bonds. The summed E-state index contributed by atoms with van der Waals surface area (Å²) in [6, 6.07) is 24.3. The van der Waals surface area contributed by atoms with Gasteiger partial charge < -0.3 is 4.74 Å². The minimum absolute atomic E-state index is 0.276. The van der Waals surface area contributed by atoms with Crippen molar-refractivity contribution in [3.05, 3.63) is 77.9 Å². The van der Waals surface area contributed by atoms with Crippen molar-refractivity contribution < 1.29 is 4.74 Å². The summed E-state index contributed by atoms with van der Waals surface area (Å²) in [5.41, 5.74) is 2.02. The fourth-order valence-corrected chi connectivity index (χ4v) is 2.69. The molecule has 2 nitrogen and oxygen atoms in total. The maximum Gasteiger partial charge on any atom is 0.126 e. The zero-order chi connectivity index (χ0) is 14.7. The summed E-state index contributed by atoms with van der Waals surface area (Å²) in [5, 5.41) is 11.7. The van der Waals surface area contributed by atoms with Crippen molar-refractivity contribution in [3.8, 4) is 11.8 Å². The van der Waals surface area contributed by atoms with E-state index in [4.69, 9.17) is 4.74 Å². The monoisotopic (exact) mass is 273 g/mol. The molecule has 0 aliphatic carbocycles. The lowest BCUT2D eigenvalue weighted by atomic mass is 9.89. The number of ether oxygens (including phenoxy) is 1. The molecule has 0 unspecified atom stereocenters. The van der Waals surface area contributed by atoms with E-state index in [1.54, 1.807) is 7.11 Å². The van der Waals surface area contributed by atoms with E-state index in [1.165, 1.54) is 0 Å². The van der Waals surface area contributed by atoms with Crippen LogP contribution < -0.4 is 4.74 Å². The van der Waals surface area contributed by atoms with Gasteiger partial charge in [-0.05, 0) is 22.6 Å². The van der Waals surface area contributed by atoms with Crippen molar-refractivity contribution >= 4 is 10.8 Å². The van der Waals surface area contributed by atoms with Crippen molar-refractivity contribution in [3.63, 3.8) is 0 Å². The molecule has 0 bridgehead atoms. The highest BCUT2D eigenvalue weighted by atomic mass is 16.5. The Bertz CT molecular complexity index is 803. The van der Waals surface area contributed by atoms with E-state index >= 15 is 0 Å². The van der Waals surface area contributed by atoms with Gasteiger partial charge in [-0.2, -0.15) is 5.26 Å². The normalized spacial score (nSPS) is 11.8. The maximum absolute atomic E-state index is 9.64. The number of rotatable bonds is 3. The Morgan fingerprint density at radius 1 is 0.857 bits per heavy atom. The molecule has 2 heteroatoms. The molecule has 0 aliphatic rings. The van der Waals surface area contributed by atoms with Gasteiger partial charge in [-0.25, -0.2) is 0 Å². The molecule has 0 aromatic heterocycles. The van der Waals surface area contributed by atoms with Gasteiger partial charge in [-0.3, -0.25) is 0 Å². The van der Waals surface area contributed by atoms with Gasteiger partial charge in [0.1, 0.15) is 5.75 Å². The molecule has 0 N–H and O–H groups in total. The fourth-order valence-electron chi connectivity index (χ4n) is 2.69. The summed E-state index contributed by atoms with van der Waals surface area (Å²) in [4.78, 5) is 0. The first kappa shape index (κ1) is 13.2. The SMILES string of the molecule is COc1ccc([C@H](C#N)c2ccccc2)c2ccccc12. The third-order valence-electron chi connectivity index (χ3n) is 3.71. The quantitative estimate of drug-likeness (QED) is 0.703. The van der Waals surface area contributed by atoms with Crippen LogP contribution in [0.4, 0.5) is 0 Å². The van der Waals surface area contributed by atoms with Crippen molar-refractivity contribution in [1.82, 2.24) is 0 Å². The lowest BCUT2D eigenvalue weighted by molar-refractivity contribution is 0.419. The predicted octanol–water partition coefficient (Wildman–Crippen LogP) is 4.50. The van der Waals surface area contributed by atoms with Gasteiger partial charge in [0.2, 0.25) is 0 Å². The maximum atomic E-state index is 9.64. The third-order valence-corrected chi connectivity index (χ3v) is 3.71. The second-order valence-electron chi connectivity index (χ2n) is 4.88.